The molecule has 0 bridgehead atoms. The van der Waals surface area contributed by atoms with Crippen molar-refractivity contribution < 1.29 is 23.4 Å². The van der Waals surface area contributed by atoms with Crippen LogP contribution in [-0.2, 0) is 32.0 Å². The zero-order valence-corrected chi connectivity index (χ0v) is 10.3. The van der Waals surface area contributed by atoms with Crippen LogP contribution in [0.4, 0.5) is 0 Å². The highest BCUT2D eigenvalue weighted by molar-refractivity contribution is 5.06. The van der Waals surface area contributed by atoms with Gasteiger partial charge in [0, 0.05) is 6.42 Å². The summed E-state index contributed by atoms with van der Waals surface area (Å²) in [4.78, 5) is 0. The van der Waals surface area contributed by atoms with Crippen molar-refractivity contribution in [2.75, 3.05) is 33.0 Å². The zero-order chi connectivity index (χ0) is 12.2. The third kappa shape index (κ3) is 4.10. The largest absolute Gasteiger partial charge is 0.464 e. The number of furan rings is 1. The maximum Gasteiger partial charge on any atom is 0.129 e. The molecule has 1 aromatic heterocycles. The van der Waals surface area contributed by atoms with E-state index in [-0.39, 0.29) is 0 Å². The molecule has 5 heteroatoms. The van der Waals surface area contributed by atoms with E-state index in [2.05, 4.69) is 0 Å². The van der Waals surface area contributed by atoms with E-state index in [1.165, 1.54) is 0 Å². The lowest BCUT2D eigenvalue weighted by Crippen LogP contribution is -2.04. The van der Waals surface area contributed by atoms with Gasteiger partial charge in [-0.15, -0.1) is 0 Å². The van der Waals surface area contributed by atoms with Crippen LogP contribution in [0.5, 0.6) is 0 Å². The Kier molecular flexibility index (Phi) is 3.95. The molecule has 100 valence electrons. The molecular formula is C13H18O5. The highest BCUT2D eigenvalue weighted by Gasteiger charge is 2.23. The molecule has 2 saturated heterocycles. The molecule has 5 nitrogen and oxygen atoms in total. The van der Waals surface area contributed by atoms with E-state index in [1.54, 1.807) is 0 Å². The van der Waals surface area contributed by atoms with Gasteiger partial charge in [0.1, 0.15) is 30.3 Å². The Morgan fingerprint density at radius 2 is 1.67 bits per heavy atom. The summed E-state index contributed by atoms with van der Waals surface area (Å²) in [7, 11) is 0. The average Bonchev–Trinajstić information content (AvgIpc) is 3.27. The SMILES string of the molecule is c1cc(COCC2CO2)oc1CCOCC1CO1. The van der Waals surface area contributed by atoms with Crippen LogP contribution in [0.15, 0.2) is 16.5 Å². The van der Waals surface area contributed by atoms with E-state index >= 15 is 0 Å². The van der Waals surface area contributed by atoms with Gasteiger partial charge in [-0.05, 0) is 12.1 Å². The van der Waals surface area contributed by atoms with Crippen LogP contribution in [0.1, 0.15) is 11.5 Å². The lowest BCUT2D eigenvalue weighted by atomic mass is 10.3. The Bertz CT molecular complexity index is 367. The third-order valence-electron chi connectivity index (χ3n) is 2.87. The van der Waals surface area contributed by atoms with Gasteiger partial charge in [0.2, 0.25) is 0 Å². The molecule has 0 saturated carbocycles. The summed E-state index contributed by atoms with van der Waals surface area (Å²) < 4.78 is 26.7. The molecule has 3 rings (SSSR count). The van der Waals surface area contributed by atoms with Gasteiger partial charge >= 0.3 is 0 Å². The molecule has 2 aliphatic rings. The van der Waals surface area contributed by atoms with Crippen molar-refractivity contribution >= 4 is 0 Å². The first-order valence-corrected chi connectivity index (χ1v) is 6.36. The molecule has 0 amide bonds. The topological polar surface area (TPSA) is 56.7 Å². The smallest absolute Gasteiger partial charge is 0.129 e. The van der Waals surface area contributed by atoms with Gasteiger partial charge in [-0.25, -0.2) is 0 Å². The van der Waals surface area contributed by atoms with Crippen molar-refractivity contribution in [2.45, 2.75) is 25.2 Å². The first-order valence-electron chi connectivity index (χ1n) is 6.36. The van der Waals surface area contributed by atoms with Crippen LogP contribution in [0.2, 0.25) is 0 Å². The van der Waals surface area contributed by atoms with E-state index < -0.39 is 0 Å². The lowest BCUT2D eigenvalue weighted by Gasteiger charge is -2.00. The molecular weight excluding hydrogens is 236 g/mol. The van der Waals surface area contributed by atoms with Gasteiger partial charge in [0.25, 0.3) is 0 Å². The summed E-state index contributed by atoms with van der Waals surface area (Å²) in [6.45, 7) is 4.19. The van der Waals surface area contributed by atoms with Crippen LogP contribution in [0.3, 0.4) is 0 Å². The average molecular weight is 254 g/mol. The summed E-state index contributed by atoms with van der Waals surface area (Å²) in [5.41, 5.74) is 0. The molecule has 2 aliphatic heterocycles. The van der Waals surface area contributed by atoms with Crippen LogP contribution in [-0.4, -0.2) is 45.2 Å². The van der Waals surface area contributed by atoms with Crippen LogP contribution >= 0.6 is 0 Å². The Hall–Kier alpha value is -0.880. The van der Waals surface area contributed by atoms with Crippen molar-refractivity contribution in [1.82, 2.24) is 0 Å². The normalized spacial score (nSPS) is 25.3. The van der Waals surface area contributed by atoms with E-state index in [0.29, 0.717) is 38.6 Å². The first kappa shape index (κ1) is 12.2. The summed E-state index contributed by atoms with van der Waals surface area (Å²) in [5, 5.41) is 0. The quantitative estimate of drug-likeness (QED) is 0.489. The fourth-order valence-corrected chi connectivity index (χ4v) is 1.64. The van der Waals surface area contributed by atoms with Crippen LogP contribution in [0.25, 0.3) is 0 Å². The van der Waals surface area contributed by atoms with Crippen molar-refractivity contribution in [2.24, 2.45) is 0 Å². The Balaban J connectivity index is 1.30. The van der Waals surface area contributed by atoms with Crippen molar-refractivity contribution in [3.8, 4) is 0 Å². The van der Waals surface area contributed by atoms with E-state index in [4.69, 9.17) is 23.4 Å². The second-order valence-corrected chi connectivity index (χ2v) is 4.62. The minimum atomic E-state index is 0.303. The molecule has 0 N–H and O–H groups in total. The molecule has 0 aromatic carbocycles. The summed E-state index contributed by atoms with van der Waals surface area (Å²) in [6, 6.07) is 3.93. The molecule has 18 heavy (non-hydrogen) atoms. The first-order chi connectivity index (χ1) is 8.90. The molecule has 2 atom stereocenters. The van der Waals surface area contributed by atoms with Gasteiger partial charge in [-0.3, -0.25) is 0 Å². The highest BCUT2D eigenvalue weighted by atomic mass is 16.6. The molecule has 0 radical (unpaired) electrons. The monoisotopic (exact) mass is 254 g/mol. The molecule has 0 aliphatic carbocycles. The number of rotatable bonds is 9. The fourth-order valence-electron chi connectivity index (χ4n) is 1.64. The predicted octanol–water partition coefficient (Wildman–Crippen LogP) is 1.15. The summed E-state index contributed by atoms with van der Waals surface area (Å²) >= 11 is 0. The molecule has 2 unspecified atom stereocenters. The number of hydrogen-bond acceptors (Lipinski definition) is 5. The molecule has 3 heterocycles. The fraction of sp³-hybridized carbons (Fsp3) is 0.692. The summed E-state index contributed by atoms with van der Waals surface area (Å²) in [5.74, 6) is 1.80. The predicted molar refractivity (Wildman–Crippen MR) is 62.4 cm³/mol. The van der Waals surface area contributed by atoms with Gasteiger partial charge in [0.05, 0.1) is 33.0 Å². The maximum absolute atomic E-state index is 5.63. The van der Waals surface area contributed by atoms with Crippen molar-refractivity contribution in [1.29, 1.82) is 0 Å². The van der Waals surface area contributed by atoms with Crippen molar-refractivity contribution in [3.63, 3.8) is 0 Å². The van der Waals surface area contributed by atoms with E-state index in [1.807, 2.05) is 12.1 Å². The highest BCUT2D eigenvalue weighted by Crippen LogP contribution is 2.13. The van der Waals surface area contributed by atoms with E-state index in [0.717, 1.165) is 31.2 Å². The van der Waals surface area contributed by atoms with Crippen molar-refractivity contribution in [3.05, 3.63) is 23.7 Å². The number of hydrogen-bond donors (Lipinski definition) is 0. The zero-order valence-electron chi connectivity index (χ0n) is 10.3. The maximum atomic E-state index is 5.63. The standard InChI is InChI=1S/C13H18O5/c1-2-11(5-15-7-13-9-17-13)18-10(1)3-4-14-6-12-8-16-12/h1-2,12-13H,3-9H2. The number of epoxide rings is 2. The lowest BCUT2D eigenvalue weighted by molar-refractivity contribution is 0.0889. The van der Waals surface area contributed by atoms with Gasteiger partial charge < -0.3 is 23.4 Å². The van der Waals surface area contributed by atoms with E-state index in [9.17, 15) is 0 Å². The van der Waals surface area contributed by atoms with Gasteiger partial charge in [-0.2, -0.15) is 0 Å². The van der Waals surface area contributed by atoms with Crippen LogP contribution in [0, 0.1) is 0 Å². The molecule has 2 fully saturated rings. The second-order valence-electron chi connectivity index (χ2n) is 4.62. The van der Waals surface area contributed by atoms with Crippen LogP contribution < -0.4 is 0 Å². The van der Waals surface area contributed by atoms with Gasteiger partial charge in [-0.1, -0.05) is 0 Å². The molecule has 0 spiro atoms. The summed E-state index contributed by atoms with van der Waals surface area (Å²) in [6.07, 6.45) is 1.42. The Morgan fingerprint density at radius 1 is 1.00 bits per heavy atom. The van der Waals surface area contributed by atoms with Gasteiger partial charge in [0.15, 0.2) is 0 Å². The Morgan fingerprint density at radius 3 is 2.39 bits per heavy atom. The number of ether oxygens (including phenoxy) is 4. The minimum Gasteiger partial charge on any atom is -0.464 e. The second kappa shape index (κ2) is 5.84. The Labute approximate surface area is 106 Å². The molecule has 1 aromatic rings. The third-order valence-corrected chi connectivity index (χ3v) is 2.87. The minimum absolute atomic E-state index is 0.303.